The van der Waals surface area contributed by atoms with Gasteiger partial charge in [0.25, 0.3) is 5.17 Å². The highest BCUT2D eigenvalue weighted by atomic mass is 32.1. The molecule has 1 N–H and O–H groups in total. The normalized spacial score (nSPS) is 23.2. The van der Waals surface area contributed by atoms with Crippen molar-refractivity contribution < 1.29 is 23.4 Å². The van der Waals surface area contributed by atoms with Crippen molar-refractivity contribution in [1.29, 1.82) is 0 Å². The van der Waals surface area contributed by atoms with E-state index in [0.29, 0.717) is 36.8 Å². The Kier molecular flexibility index (Phi) is 5.18. The van der Waals surface area contributed by atoms with E-state index in [1.807, 2.05) is 13.8 Å². The lowest BCUT2D eigenvalue weighted by molar-refractivity contribution is 0.140. The summed E-state index contributed by atoms with van der Waals surface area (Å²) in [5.74, 6) is 0.106. The number of halogens is 1. The van der Waals surface area contributed by atoms with E-state index < -0.39 is 12.2 Å². The molecule has 1 amide bonds. The summed E-state index contributed by atoms with van der Waals surface area (Å²) < 4.78 is 31.4. The van der Waals surface area contributed by atoms with Crippen molar-refractivity contribution in [2.24, 2.45) is 0 Å². The van der Waals surface area contributed by atoms with Crippen LogP contribution in [-0.4, -0.2) is 55.8 Å². The third kappa shape index (κ3) is 3.67. The summed E-state index contributed by atoms with van der Waals surface area (Å²) in [6.45, 7) is 5.74. The summed E-state index contributed by atoms with van der Waals surface area (Å²) in [6, 6.07) is 3.33. The van der Waals surface area contributed by atoms with Crippen LogP contribution in [0.3, 0.4) is 0 Å². The number of fused-ring (bicyclic) bond motifs is 3. The zero-order valence-electron chi connectivity index (χ0n) is 15.9. The van der Waals surface area contributed by atoms with Gasteiger partial charge >= 0.3 is 6.09 Å². The molecule has 3 heterocycles. The molecule has 2 fully saturated rings. The Hall–Kier alpha value is -2.29. The fourth-order valence-corrected chi connectivity index (χ4v) is 4.16. The van der Waals surface area contributed by atoms with E-state index >= 15 is 0 Å². The topological polar surface area (TPSA) is 63.3 Å². The fraction of sp³-hybridized carbons (Fsp3) is 0.579. The molecule has 0 spiro atoms. The van der Waals surface area contributed by atoms with E-state index in [1.165, 1.54) is 11.0 Å². The number of benzene rings is 1. The molecule has 1 aromatic rings. The van der Waals surface area contributed by atoms with E-state index in [4.69, 9.17) is 26.4 Å². The molecule has 3 aliphatic heterocycles. The van der Waals surface area contributed by atoms with Gasteiger partial charge < -0.3 is 24.4 Å². The van der Waals surface area contributed by atoms with E-state index in [1.54, 1.807) is 6.07 Å². The lowest BCUT2D eigenvalue weighted by Crippen LogP contribution is -2.39. The van der Waals surface area contributed by atoms with Crippen molar-refractivity contribution in [2.75, 3.05) is 36.0 Å². The summed E-state index contributed by atoms with van der Waals surface area (Å²) in [6.07, 6.45) is 1.08. The molecule has 3 aliphatic rings. The highest BCUT2D eigenvalue weighted by molar-refractivity contribution is 7.80. The first kappa shape index (κ1) is 19.0. The van der Waals surface area contributed by atoms with Crippen LogP contribution in [0.1, 0.15) is 26.7 Å². The minimum absolute atomic E-state index is 0.0312. The number of nitrogens with zero attached hydrogens (tertiary/aromatic N) is 2. The molecule has 152 valence electrons. The van der Waals surface area contributed by atoms with Crippen molar-refractivity contribution in [3.8, 4) is 5.75 Å². The van der Waals surface area contributed by atoms with Crippen LogP contribution in [-0.2, 0) is 9.47 Å². The lowest BCUT2D eigenvalue weighted by atomic mass is 10.1. The monoisotopic (exact) mass is 409 g/mol. The zero-order chi connectivity index (χ0) is 19.8. The summed E-state index contributed by atoms with van der Waals surface area (Å²) in [7, 11) is 0. The molecule has 0 radical (unpaired) electrons. The number of ether oxygens (including phenoxy) is 3. The Balaban J connectivity index is 1.45. The van der Waals surface area contributed by atoms with Gasteiger partial charge in [0.15, 0.2) is 5.82 Å². The standard InChI is InChI=1S/C19H24FN3O4S/c1-11(2)26-18(28)21-8-14-9-23(19(24)27-14)13-6-15(20)17-16(7-13)25-10-12-4-3-5-22(12)17/h6-7,11-12,14H,3-5,8-10H2,1-2H3,(H,21,28)/t12-,14-/m0/s1. The van der Waals surface area contributed by atoms with Crippen molar-refractivity contribution >= 4 is 34.9 Å². The molecule has 4 rings (SSSR count). The van der Waals surface area contributed by atoms with Gasteiger partial charge in [-0.3, -0.25) is 4.90 Å². The van der Waals surface area contributed by atoms with Crippen LogP contribution in [0.15, 0.2) is 12.1 Å². The van der Waals surface area contributed by atoms with Crippen molar-refractivity contribution in [3.05, 3.63) is 17.9 Å². The van der Waals surface area contributed by atoms with Crippen molar-refractivity contribution in [1.82, 2.24) is 5.32 Å². The fourth-order valence-electron chi connectivity index (χ4n) is 3.89. The van der Waals surface area contributed by atoms with E-state index in [-0.39, 0.29) is 23.1 Å². The van der Waals surface area contributed by atoms with E-state index in [0.717, 1.165) is 19.4 Å². The van der Waals surface area contributed by atoms with Crippen LogP contribution in [0.25, 0.3) is 0 Å². The third-order valence-corrected chi connectivity index (χ3v) is 5.35. The van der Waals surface area contributed by atoms with Crippen LogP contribution in [0, 0.1) is 5.82 Å². The molecular weight excluding hydrogens is 385 g/mol. The van der Waals surface area contributed by atoms with Gasteiger partial charge in [-0.1, -0.05) is 0 Å². The minimum Gasteiger partial charge on any atom is -0.489 e. The molecule has 0 unspecified atom stereocenters. The largest absolute Gasteiger partial charge is 0.489 e. The Bertz CT molecular complexity index is 791. The summed E-state index contributed by atoms with van der Waals surface area (Å²) in [5, 5.41) is 3.20. The van der Waals surface area contributed by atoms with E-state index in [9.17, 15) is 9.18 Å². The first-order valence-electron chi connectivity index (χ1n) is 9.58. The predicted molar refractivity (Wildman–Crippen MR) is 107 cm³/mol. The number of anilines is 2. The third-order valence-electron chi connectivity index (χ3n) is 5.11. The second kappa shape index (κ2) is 7.62. The average Bonchev–Trinajstić information content (AvgIpc) is 3.25. The maximum atomic E-state index is 14.9. The SMILES string of the molecule is CC(C)OC(=S)NC[C@H]1CN(c2cc(F)c3c(c2)OC[C@@H]2CCCN32)C(=O)O1. The summed E-state index contributed by atoms with van der Waals surface area (Å²) >= 11 is 5.08. The van der Waals surface area contributed by atoms with Gasteiger partial charge in [-0.2, -0.15) is 0 Å². The number of hydrogen-bond donors (Lipinski definition) is 1. The molecule has 0 bridgehead atoms. The van der Waals surface area contributed by atoms with Crippen LogP contribution >= 0.6 is 12.2 Å². The van der Waals surface area contributed by atoms with Gasteiger partial charge in [0, 0.05) is 18.7 Å². The summed E-state index contributed by atoms with van der Waals surface area (Å²) in [5.41, 5.74) is 0.932. The Morgan fingerprint density at radius 2 is 2.29 bits per heavy atom. The van der Waals surface area contributed by atoms with Gasteiger partial charge in [-0.15, -0.1) is 0 Å². The first-order chi connectivity index (χ1) is 13.4. The van der Waals surface area contributed by atoms with Gasteiger partial charge in [-0.05, 0) is 38.9 Å². The zero-order valence-corrected chi connectivity index (χ0v) is 16.8. The number of thiocarbonyl (C=S) groups is 1. The number of cyclic esters (lactones) is 1. The lowest BCUT2D eigenvalue weighted by Gasteiger charge is -2.34. The van der Waals surface area contributed by atoms with Gasteiger partial charge in [0.2, 0.25) is 0 Å². The molecule has 0 aromatic heterocycles. The maximum Gasteiger partial charge on any atom is 0.414 e. The van der Waals surface area contributed by atoms with Crippen LogP contribution < -0.4 is 19.9 Å². The molecule has 7 nitrogen and oxygen atoms in total. The van der Waals surface area contributed by atoms with Crippen LogP contribution in [0.2, 0.25) is 0 Å². The molecule has 28 heavy (non-hydrogen) atoms. The summed E-state index contributed by atoms with van der Waals surface area (Å²) in [4.78, 5) is 15.8. The molecule has 2 atom stereocenters. The van der Waals surface area contributed by atoms with Crippen molar-refractivity contribution in [2.45, 2.75) is 44.9 Å². The highest BCUT2D eigenvalue weighted by Crippen LogP contribution is 2.42. The maximum absolute atomic E-state index is 14.9. The van der Waals surface area contributed by atoms with Gasteiger partial charge in [-0.25, -0.2) is 9.18 Å². The molecule has 1 aromatic carbocycles. The van der Waals surface area contributed by atoms with Gasteiger partial charge in [0.1, 0.15) is 24.1 Å². The average molecular weight is 409 g/mol. The molecule has 9 heteroatoms. The highest BCUT2D eigenvalue weighted by Gasteiger charge is 2.37. The van der Waals surface area contributed by atoms with Crippen LogP contribution in [0.4, 0.5) is 20.6 Å². The van der Waals surface area contributed by atoms with Gasteiger partial charge in [0.05, 0.1) is 30.9 Å². The number of carbonyl (C=O) groups excluding carboxylic acids is 1. The van der Waals surface area contributed by atoms with Crippen LogP contribution in [0.5, 0.6) is 5.75 Å². The predicted octanol–water partition coefficient (Wildman–Crippen LogP) is 2.81. The molecule has 2 saturated heterocycles. The van der Waals surface area contributed by atoms with E-state index in [2.05, 4.69) is 10.2 Å². The Morgan fingerprint density at radius 1 is 1.46 bits per heavy atom. The number of rotatable bonds is 4. The smallest absolute Gasteiger partial charge is 0.414 e. The molecular formula is C19H24FN3O4S. The Labute approximate surface area is 168 Å². The molecule has 0 aliphatic carbocycles. The van der Waals surface area contributed by atoms with Crippen molar-refractivity contribution in [3.63, 3.8) is 0 Å². The number of nitrogens with one attached hydrogen (secondary N) is 1. The molecule has 0 saturated carbocycles. The number of amides is 1. The Morgan fingerprint density at radius 3 is 3.07 bits per heavy atom. The quantitative estimate of drug-likeness (QED) is 0.767. The first-order valence-corrected chi connectivity index (χ1v) is 9.99. The second-order valence-corrected chi connectivity index (χ2v) is 7.90. The number of carbonyl (C=O) groups is 1. The minimum atomic E-state index is -0.517. The second-order valence-electron chi connectivity index (χ2n) is 7.53. The number of hydrogen-bond acceptors (Lipinski definition) is 6.